The number of rotatable bonds is 7. The summed E-state index contributed by atoms with van der Waals surface area (Å²) >= 11 is 0. The number of methoxy groups -OCH3 is 1. The number of hydrogen-bond donors (Lipinski definition) is 0. The Morgan fingerprint density at radius 1 is 1.00 bits per heavy atom. The second-order valence-electron chi connectivity index (χ2n) is 7.36. The molecule has 2 heterocycles. The minimum Gasteiger partial charge on any atom is -0.469 e. The molecule has 3 atom stereocenters. The molecule has 2 fully saturated rings. The average Bonchev–Trinajstić information content (AvgIpc) is 2.55. The van der Waals surface area contributed by atoms with Crippen molar-refractivity contribution in [2.45, 2.75) is 63.8 Å². The third kappa shape index (κ3) is 5.20. The number of unbranched alkanes of at least 4 members (excludes halogenated alkanes) is 1. The maximum Gasteiger partial charge on any atom is 0.305 e. The maximum absolute atomic E-state index is 11.9. The summed E-state index contributed by atoms with van der Waals surface area (Å²) in [5.41, 5.74) is 0. The summed E-state index contributed by atoms with van der Waals surface area (Å²) in [5, 5.41) is 0. The van der Waals surface area contributed by atoms with Gasteiger partial charge in [0, 0.05) is 25.2 Å². The lowest BCUT2D eigenvalue weighted by Gasteiger charge is -2.51. The number of piperidine rings is 2. The van der Waals surface area contributed by atoms with Crippen LogP contribution in [-0.4, -0.2) is 56.3 Å². The van der Waals surface area contributed by atoms with Gasteiger partial charge in [0.25, 0.3) is 0 Å². The lowest BCUT2D eigenvalue weighted by atomic mass is 9.82. The van der Waals surface area contributed by atoms with E-state index in [4.69, 9.17) is 4.74 Å². The lowest BCUT2D eigenvalue weighted by Crippen LogP contribution is -2.61. The highest BCUT2D eigenvalue weighted by Crippen LogP contribution is 2.36. The summed E-state index contributed by atoms with van der Waals surface area (Å²) in [7, 11) is 3.77. The molecule has 5 nitrogen and oxygen atoms in total. The van der Waals surface area contributed by atoms with E-state index in [0.29, 0.717) is 44.2 Å². The number of ether oxygens (including phenoxy) is 2. The molecule has 5 heteroatoms. The minimum absolute atomic E-state index is 0.120. The van der Waals surface area contributed by atoms with E-state index in [2.05, 4.69) is 11.8 Å². The monoisotopic (exact) mass is 326 g/mol. The standard InChI is InChI=1S/C18H32NO4/c1-19-12-6-5-9-16(19)15(8-7-13-19)14-23-18(21)11-4-3-10-17(20)22-2/h15-16H,3-14H2,1-2H3/q+1/t15-,16+,19+/m0/s1. The molecule has 2 aliphatic rings. The molecule has 0 aromatic carbocycles. The van der Waals surface area contributed by atoms with Crippen LogP contribution in [0.5, 0.6) is 0 Å². The third-order valence-corrected chi connectivity index (χ3v) is 5.71. The molecule has 0 aromatic heterocycles. The van der Waals surface area contributed by atoms with Gasteiger partial charge in [0.05, 0.1) is 39.9 Å². The molecule has 0 spiro atoms. The number of carbonyl (C=O) groups is 2. The first-order valence-electron chi connectivity index (χ1n) is 9.12. The van der Waals surface area contributed by atoms with E-state index < -0.39 is 0 Å². The van der Waals surface area contributed by atoms with E-state index >= 15 is 0 Å². The topological polar surface area (TPSA) is 52.6 Å². The van der Waals surface area contributed by atoms with Gasteiger partial charge >= 0.3 is 11.9 Å². The average molecular weight is 326 g/mol. The Kier molecular flexibility index (Phi) is 6.88. The van der Waals surface area contributed by atoms with E-state index in [1.807, 2.05) is 0 Å². The Morgan fingerprint density at radius 3 is 2.43 bits per heavy atom. The molecule has 0 unspecified atom stereocenters. The molecule has 0 bridgehead atoms. The van der Waals surface area contributed by atoms with Gasteiger partial charge in [0.15, 0.2) is 0 Å². The molecular formula is C18H32NO4+. The van der Waals surface area contributed by atoms with E-state index in [1.54, 1.807) is 0 Å². The Morgan fingerprint density at radius 2 is 1.70 bits per heavy atom. The first kappa shape index (κ1) is 18.2. The molecule has 0 saturated carbocycles. The van der Waals surface area contributed by atoms with Gasteiger partial charge in [-0.05, 0) is 38.5 Å². The molecule has 0 aromatic rings. The van der Waals surface area contributed by atoms with Crippen molar-refractivity contribution in [3.05, 3.63) is 0 Å². The van der Waals surface area contributed by atoms with Gasteiger partial charge < -0.3 is 14.0 Å². The van der Waals surface area contributed by atoms with Gasteiger partial charge in [0.2, 0.25) is 0 Å². The maximum atomic E-state index is 11.9. The fraction of sp³-hybridized carbons (Fsp3) is 0.889. The highest BCUT2D eigenvalue weighted by molar-refractivity contribution is 5.70. The van der Waals surface area contributed by atoms with Crippen LogP contribution in [0.3, 0.4) is 0 Å². The largest absolute Gasteiger partial charge is 0.469 e. The van der Waals surface area contributed by atoms with Crippen LogP contribution < -0.4 is 0 Å². The second kappa shape index (κ2) is 8.67. The molecule has 23 heavy (non-hydrogen) atoms. The first-order valence-corrected chi connectivity index (χ1v) is 9.12. The number of fused-ring (bicyclic) bond motifs is 1. The number of carbonyl (C=O) groups excluding carboxylic acids is 2. The normalized spacial score (nSPS) is 30.3. The minimum atomic E-state index is -0.213. The molecule has 0 amide bonds. The van der Waals surface area contributed by atoms with E-state index in [9.17, 15) is 9.59 Å². The fourth-order valence-electron chi connectivity index (χ4n) is 4.34. The zero-order valence-corrected chi connectivity index (χ0v) is 14.7. The first-order chi connectivity index (χ1) is 11.0. The Balaban J connectivity index is 1.68. The van der Waals surface area contributed by atoms with Gasteiger partial charge in [-0.2, -0.15) is 0 Å². The van der Waals surface area contributed by atoms with Crippen LogP contribution in [0.4, 0.5) is 0 Å². The molecule has 2 saturated heterocycles. The van der Waals surface area contributed by atoms with Crippen molar-refractivity contribution >= 4 is 11.9 Å². The molecule has 0 N–H and O–H groups in total. The summed E-state index contributed by atoms with van der Waals surface area (Å²) in [6.07, 6.45) is 8.51. The Bertz CT molecular complexity index is 408. The van der Waals surface area contributed by atoms with Crippen molar-refractivity contribution in [3.8, 4) is 0 Å². The molecule has 0 aliphatic carbocycles. The molecule has 2 aliphatic heterocycles. The smallest absolute Gasteiger partial charge is 0.305 e. The Labute approximate surface area is 139 Å². The van der Waals surface area contributed by atoms with Gasteiger partial charge in [-0.15, -0.1) is 0 Å². The summed E-state index contributed by atoms with van der Waals surface area (Å²) in [4.78, 5) is 22.9. The van der Waals surface area contributed by atoms with Crippen LogP contribution in [0.15, 0.2) is 0 Å². The highest BCUT2D eigenvalue weighted by Gasteiger charge is 2.43. The number of nitrogens with zero attached hydrogens (tertiary/aromatic N) is 1. The SMILES string of the molecule is COC(=O)CCCCC(=O)OC[C@@H]1CCC[N@@+]2(C)CCCC[C@H]12. The fourth-order valence-corrected chi connectivity index (χ4v) is 4.34. The number of quaternary nitrogens is 1. The zero-order chi connectivity index (χ0) is 16.7. The van der Waals surface area contributed by atoms with Crippen molar-refractivity contribution in [3.63, 3.8) is 0 Å². The van der Waals surface area contributed by atoms with Crippen LogP contribution in [0.25, 0.3) is 0 Å². The molecule has 0 radical (unpaired) electrons. The summed E-state index contributed by atoms with van der Waals surface area (Å²) in [6, 6.07) is 0.671. The van der Waals surface area contributed by atoms with Crippen molar-refractivity contribution in [2.24, 2.45) is 5.92 Å². The van der Waals surface area contributed by atoms with Gasteiger partial charge in [-0.3, -0.25) is 9.59 Å². The van der Waals surface area contributed by atoms with Crippen LogP contribution in [0.1, 0.15) is 57.8 Å². The van der Waals surface area contributed by atoms with Crippen molar-refractivity contribution < 1.29 is 23.5 Å². The predicted octanol–water partition coefficient (Wildman–Crippen LogP) is 2.67. The number of esters is 2. The van der Waals surface area contributed by atoms with E-state index in [0.717, 1.165) is 0 Å². The summed E-state index contributed by atoms with van der Waals surface area (Å²) in [5.74, 6) is 0.188. The summed E-state index contributed by atoms with van der Waals surface area (Å²) < 4.78 is 11.3. The Hall–Kier alpha value is -1.10. The van der Waals surface area contributed by atoms with Crippen LogP contribution in [0, 0.1) is 5.92 Å². The molecule has 132 valence electrons. The van der Waals surface area contributed by atoms with Crippen LogP contribution in [0.2, 0.25) is 0 Å². The number of hydrogen-bond acceptors (Lipinski definition) is 4. The van der Waals surface area contributed by atoms with Crippen LogP contribution >= 0.6 is 0 Å². The summed E-state index contributed by atoms with van der Waals surface area (Å²) in [6.45, 7) is 3.14. The van der Waals surface area contributed by atoms with Gasteiger partial charge in [-0.1, -0.05) is 0 Å². The van der Waals surface area contributed by atoms with Crippen LogP contribution in [-0.2, 0) is 19.1 Å². The van der Waals surface area contributed by atoms with Crippen molar-refractivity contribution in [1.29, 1.82) is 0 Å². The predicted molar refractivity (Wildman–Crippen MR) is 87.7 cm³/mol. The lowest BCUT2D eigenvalue weighted by molar-refractivity contribution is -0.947. The zero-order valence-electron chi connectivity index (χ0n) is 14.7. The molecular weight excluding hydrogens is 294 g/mol. The van der Waals surface area contributed by atoms with Crippen molar-refractivity contribution in [2.75, 3.05) is 33.9 Å². The second-order valence-corrected chi connectivity index (χ2v) is 7.36. The quantitative estimate of drug-likeness (QED) is 0.410. The van der Waals surface area contributed by atoms with Gasteiger partial charge in [-0.25, -0.2) is 0 Å². The van der Waals surface area contributed by atoms with E-state index in [1.165, 1.54) is 56.8 Å². The van der Waals surface area contributed by atoms with Crippen molar-refractivity contribution in [1.82, 2.24) is 0 Å². The van der Waals surface area contributed by atoms with E-state index in [-0.39, 0.29) is 11.9 Å². The third-order valence-electron chi connectivity index (χ3n) is 5.71. The highest BCUT2D eigenvalue weighted by atomic mass is 16.5. The van der Waals surface area contributed by atoms with Gasteiger partial charge in [0.1, 0.15) is 0 Å². The molecule has 2 rings (SSSR count).